The number of rotatable bonds is 9. The van der Waals surface area contributed by atoms with Crippen LogP contribution in [0.25, 0.3) is 0 Å². The zero-order valence-electron chi connectivity index (χ0n) is 13.4. The van der Waals surface area contributed by atoms with Gasteiger partial charge >= 0.3 is 10.1 Å². The first-order chi connectivity index (χ1) is 10.8. The lowest BCUT2D eigenvalue weighted by Gasteiger charge is -2.19. The van der Waals surface area contributed by atoms with Crippen molar-refractivity contribution in [3.05, 3.63) is 29.8 Å². The van der Waals surface area contributed by atoms with Crippen LogP contribution in [-0.4, -0.2) is 61.5 Å². The number of hydrogen-bond acceptors (Lipinski definition) is 8. The second-order valence-corrected chi connectivity index (χ2v) is 10.3. The second-order valence-electron chi connectivity index (χ2n) is 5.05. The summed E-state index contributed by atoms with van der Waals surface area (Å²) < 4.78 is 77.7. The summed E-state index contributed by atoms with van der Waals surface area (Å²) >= 11 is 0. The minimum absolute atomic E-state index is 0.0227. The maximum Gasteiger partial charge on any atom is 0.306 e. The van der Waals surface area contributed by atoms with Gasteiger partial charge in [-0.15, -0.1) is 0 Å². The van der Waals surface area contributed by atoms with Crippen molar-refractivity contribution < 1.29 is 33.6 Å². The first-order valence-electron chi connectivity index (χ1n) is 6.54. The summed E-state index contributed by atoms with van der Waals surface area (Å²) in [4.78, 5) is 0. The molecule has 0 fully saturated rings. The normalized spacial score (nSPS) is 13.2. The van der Waals surface area contributed by atoms with Crippen molar-refractivity contribution in [3.63, 3.8) is 0 Å². The number of nitrogens with zero attached hydrogens (tertiary/aromatic N) is 1. The Hall–Kier alpha value is -1.21. The molecule has 0 aliphatic carbocycles. The molecule has 0 amide bonds. The van der Waals surface area contributed by atoms with Crippen molar-refractivity contribution in [1.29, 1.82) is 0 Å². The molecule has 24 heavy (non-hydrogen) atoms. The molecular weight excluding hydrogens is 382 g/mol. The van der Waals surface area contributed by atoms with Crippen molar-refractivity contribution in [1.82, 2.24) is 4.31 Å². The molecule has 0 radical (unpaired) electrons. The Kier molecular flexibility index (Phi) is 6.75. The third-order valence-electron chi connectivity index (χ3n) is 2.64. The standard InChI is InChI=1S/C12H19NO8S3/c1-22(14,15)13(8-9-20-23(2,16)17)10-11-4-6-12(7-5-11)21-24(3,18)19/h4-7H,8-10H2,1-3H3. The summed E-state index contributed by atoms with van der Waals surface area (Å²) in [6.45, 7) is -0.472. The van der Waals surface area contributed by atoms with E-state index in [0.29, 0.717) is 5.56 Å². The Morgan fingerprint density at radius 1 is 0.875 bits per heavy atom. The van der Waals surface area contributed by atoms with Crippen LogP contribution in [0.3, 0.4) is 0 Å². The van der Waals surface area contributed by atoms with Gasteiger partial charge in [-0.1, -0.05) is 12.1 Å². The van der Waals surface area contributed by atoms with Gasteiger partial charge in [0, 0.05) is 13.1 Å². The highest BCUT2D eigenvalue weighted by Gasteiger charge is 2.18. The molecule has 0 aromatic heterocycles. The molecule has 0 saturated carbocycles. The van der Waals surface area contributed by atoms with Crippen LogP contribution >= 0.6 is 0 Å². The van der Waals surface area contributed by atoms with Crippen LogP contribution in [-0.2, 0) is 41.0 Å². The number of benzene rings is 1. The van der Waals surface area contributed by atoms with Crippen molar-refractivity contribution in [3.8, 4) is 5.75 Å². The molecule has 0 heterocycles. The van der Waals surface area contributed by atoms with Crippen molar-refractivity contribution in [2.45, 2.75) is 6.54 Å². The molecule has 0 spiro atoms. The summed E-state index contributed by atoms with van der Waals surface area (Å²) in [6, 6.07) is 5.81. The van der Waals surface area contributed by atoms with Crippen LogP contribution in [0.4, 0.5) is 0 Å². The van der Waals surface area contributed by atoms with E-state index in [1.54, 1.807) is 0 Å². The summed E-state index contributed by atoms with van der Waals surface area (Å²) in [5.41, 5.74) is 0.570. The third-order valence-corrected chi connectivity index (χ3v) is 4.98. The fraction of sp³-hybridized carbons (Fsp3) is 0.500. The first-order valence-corrected chi connectivity index (χ1v) is 12.0. The molecule has 0 unspecified atom stereocenters. The van der Waals surface area contributed by atoms with Gasteiger partial charge in [-0.2, -0.15) is 21.1 Å². The molecule has 0 N–H and O–H groups in total. The van der Waals surface area contributed by atoms with Gasteiger partial charge in [0.05, 0.1) is 25.4 Å². The molecule has 0 bridgehead atoms. The van der Waals surface area contributed by atoms with Gasteiger partial charge < -0.3 is 4.18 Å². The molecule has 9 nitrogen and oxygen atoms in total. The topological polar surface area (TPSA) is 124 Å². The van der Waals surface area contributed by atoms with E-state index < -0.39 is 30.3 Å². The van der Waals surface area contributed by atoms with Crippen molar-refractivity contribution >= 4 is 30.3 Å². The van der Waals surface area contributed by atoms with Gasteiger partial charge in [-0.3, -0.25) is 4.18 Å². The minimum atomic E-state index is -3.66. The zero-order valence-corrected chi connectivity index (χ0v) is 15.8. The Morgan fingerprint density at radius 2 is 1.42 bits per heavy atom. The smallest absolute Gasteiger partial charge is 0.306 e. The van der Waals surface area contributed by atoms with Crippen LogP contribution in [0.5, 0.6) is 5.75 Å². The Morgan fingerprint density at radius 3 is 1.83 bits per heavy atom. The SMILES string of the molecule is CS(=O)(=O)OCCN(Cc1ccc(OS(C)(=O)=O)cc1)S(C)(=O)=O. The summed E-state index contributed by atoms with van der Waals surface area (Å²) in [7, 11) is -10.9. The highest BCUT2D eigenvalue weighted by atomic mass is 32.2. The second kappa shape index (κ2) is 7.78. The quantitative estimate of drug-likeness (QED) is 0.519. The van der Waals surface area contributed by atoms with E-state index in [1.807, 2.05) is 0 Å². The molecule has 1 aromatic carbocycles. The molecule has 12 heteroatoms. The van der Waals surface area contributed by atoms with E-state index >= 15 is 0 Å². The van der Waals surface area contributed by atoms with Gasteiger partial charge in [0.25, 0.3) is 10.1 Å². The Balaban J connectivity index is 2.80. The predicted octanol–water partition coefficient (Wildman–Crippen LogP) is -0.237. The van der Waals surface area contributed by atoms with Gasteiger partial charge in [0.15, 0.2) is 0 Å². The summed E-state index contributed by atoms with van der Waals surface area (Å²) in [5.74, 6) is 0.104. The maximum atomic E-state index is 11.8. The van der Waals surface area contributed by atoms with E-state index in [1.165, 1.54) is 24.3 Å². The zero-order chi connectivity index (χ0) is 18.6. The van der Waals surface area contributed by atoms with E-state index in [0.717, 1.165) is 23.1 Å². The molecular formula is C12H19NO8S3. The van der Waals surface area contributed by atoms with Gasteiger partial charge in [0.1, 0.15) is 5.75 Å². The minimum Gasteiger partial charge on any atom is -0.383 e. The largest absolute Gasteiger partial charge is 0.383 e. The molecule has 0 atom stereocenters. The Bertz CT molecular complexity index is 857. The average molecular weight is 401 g/mol. The third kappa shape index (κ3) is 8.59. The van der Waals surface area contributed by atoms with E-state index in [9.17, 15) is 25.3 Å². The summed E-state index contributed by atoms with van der Waals surface area (Å²) in [5, 5.41) is 0. The van der Waals surface area contributed by atoms with Crippen molar-refractivity contribution in [2.24, 2.45) is 0 Å². The molecule has 0 saturated heterocycles. The van der Waals surface area contributed by atoms with Crippen LogP contribution in [0.15, 0.2) is 24.3 Å². The predicted molar refractivity (Wildman–Crippen MR) is 88.0 cm³/mol. The maximum absolute atomic E-state index is 11.8. The van der Waals surface area contributed by atoms with E-state index in [-0.39, 0.29) is 25.4 Å². The van der Waals surface area contributed by atoms with Gasteiger partial charge in [-0.25, -0.2) is 8.42 Å². The Labute approximate surface area is 142 Å². The first kappa shape index (κ1) is 20.8. The summed E-state index contributed by atoms with van der Waals surface area (Å²) in [6.07, 6.45) is 2.78. The number of sulfonamides is 1. The van der Waals surface area contributed by atoms with Crippen LogP contribution < -0.4 is 4.18 Å². The fourth-order valence-electron chi connectivity index (χ4n) is 1.68. The van der Waals surface area contributed by atoms with Crippen LogP contribution in [0.1, 0.15) is 5.56 Å². The lowest BCUT2D eigenvalue weighted by Crippen LogP contribution is -2.33. The average Bonchev–Trinajstić information content (AvgIpc) is 2.35. The van der Waals surface area contributed by atoms with Gasteiger partial charge in [-0.05, 0) is 17.7 Å². The van der Waals surface area contributed by atoms with Crippen LogP contribution in [0.2, 0.25) is 0 Å². The molecule has 0 aliphatic rings. The molecule has 0 aliphatic heterocycles. The molecule has 138 valence electrons. The highest BCUT2D eigenvalue weighted by Crippen LogP contribution is 2.16. The molecule has 1 aromatic rings. The number of hydrogen-bond donors (Lipinski definition) is 0. The highest BCUT2D eigenvalue weighted by molar-refractivity contribution is 7.88. The monoisotopic (exact) mass is 401 g/mol. The fourth-order valence-corrected chi connectivity index (χ4v) is 3.31. The lowest BCUT2D eigenvalue weighted by atomic mass is 10.2. The lowest BCUT2D eigenvalue weighted by molar-refractivity contribution is 0.276. The van der Waals surface area contributed by atoms with E-state index in [2.05, 4.69) is 8.37 Å². The van der Waals surface area contributed by atoms with Crippen molar-refractivity contribution in [2.75, 3.05) is 31.9 Å². The van der Waals surface area contributed by atoms with Gasteiger partial charge in [0.2, 0.25) is 10.0 Å². The van der Waals surface area contributed by atoms with E-state index in [4.69, 9.17) is 0 Å². The van der Waals surface area contributed by atoms with Crippen LogP contribution in [0, 0.1) is 0 Å². The molecule has 1 rings (SSSR count).